The topological polar surface area (TPSA) is 46.1 Å². The maximum atomic E-state index is 11.2. The quantitative estimate of drug-likeness (QED) is 0.761. The standard InChI is InChI=1S/C9H12BrN3OS/c10-5-8-6-11-9(12-7-8)13-1-3-15(14)4-2-13/h6-7H,1-5H2. The first-order chi connectivity index (χ1) is 7.29. The van der Waals surface area contributed by atoms with Crippen molar-refractivity contribution in [2.75, 3.05) is 29.5 Å². The van der Waals surface area contributed by atoms with E-state index in [1.54, 1.807) is 0 Å². The van der Waals surface area contributed by atoms with Crippen molar-refractivity contribution >= 4 is 32.7 Å². The van der Waals surface area contributed by atoms with Gasteiger partial charge in [-0.15, -0.1) is 0 Å². The number of aromatic nitrogens is 2. The Morgan fingerprint density at radius 2 is 1.93 bits per heavy atom. The predicted octanol–water partition coefficient (Wildman–Crippen LogP) is 0.940. The fourth-order valence-electron chi connectivity index (χ4n) is 1.42. The lowest BCUT2D eigenvalue weighted by molar-refractivity contribution is 0.671. The number of halogens is 1. The summed E-state index contributed by atoms with van der Waals surface area (Å²) in [5.41, 5.74) is 1.07. The van der Waals surface area contributed by atoms with Gasteiger partial charge in [0.1, 0.15) is 0 Å². The predicted molar refractivity (Wildman–Crippen MR) is 64.8 cm³/mol. The van der Waals surface area contributed by atoms with Gasteiger partial charge in [0.05, 0.1) is 0 Å². The first-order valence-electron chi connectivity index (χ1n) is 4.76. The van der Waals surface area contributed by atoms with Gasteiger partial charge in [-0.2, -0.15) is 0 Å². The van der Waals surface area contributed by atoms with E-state index < -0.39 is 10.8 Å². The number of rotatable bonds is 2. The number of hydrogen-bond donors (Lipinski definition) is 0. The molecule has 0 spiro atoms. The van der Waals surface area contributed by atoms with Gasteiger partial charge in [-0.25, -0.2) is 9.97 Å². The van der Waals surface area contributed by atoms with Crippen LogP contribution in [-0.4, -0.2) is 38.8 Å². The van der Waals surface area contributed by atoms with E-state index >= 15 is 0 Å². The summed E-state index contributed by atoms with van der Waals surface area (Å²) < 4.78 is 11.2. The zero-order valence-electron chi connectivity index (χ0n) is 8.23. The summed E-state index contributed by atoms with van der Waals surface area (Å²) >= 11 is 3.35. The largest absolute Gasteiger partial charge is 0.339 e. The van der Waals surface area contributed by atoms with Crippen LogP contribution in [0.25, 0.3) is 0 Å². The monoisotopic (exact) mass is 289 g/mol. The second kappa shape index (κ2) is 5.03. The Balaban J connectivity index is 2.06. The summed E-state index contributed by atoms with van der Waals surface area (Å²) in [5, 5.41) is 0.775. The van der Waals surface area contributed by atoms with Crippen LogP contribution in [0.3, 0.4) is 0 Å². The Morgan fingerprint density at radius 3 is 2.47 bits per heavy atom. The van der Waals surface area contributed by atoms with Gasteiger partial charge in [0.2, 0.25) is 5.95 Å². The molecule has 1 aromatic rings. The van der Waals surface area contributed by atoms with E-state index in [1.807, 2.05) is 12.4 Å². The maximum Gasteiger partial charge on any atom is 0.225 e. The maximum absolute atomic E-state index is 11.2. The highest BCUT2D eigenvalue weighted by Gasteiger charge is 2.16. The highest BCUT2D eigenvalue weighted by Crippen LogP contribution is 2.11. The van der Waals surface area contributed by atoms with E-state index in [2.05, 4.69) is 30.8 Å². The van der Waals surface area contributed by atoms with Crippen LogP contribution in [-0.2, 0) is 16.1 Å². The number of anilines is 1. The molecule has 4 nitrogen and oxygen atoms in total. The van der Waals surface area contributed by atoms with Gasteiger partial charge in [0.15, 0.2) is 0 Å². The van der Waals surface area contributed by atoms with Crippen molar-refractivity contribution in [1.29, 1.82) is 0 Å². The average molecular weight is 290 g/mol. The number of nitrogens with zero attached hydrogens (tertiary/aromatic N) is 3. The van der Waals surface area contributed by atoms with Crippen molar-refractivity contribution in [3.8, 4) is 0 Å². The molecule has 2 rings (SSSR count). The van der Waals surface area contributed by atoms with Gasteiger partial charge in [-0.1, -0.05) is 15.9 Å². The second-order valence-electron chi connectivity index (χ2n) is 3.36. The van der Waals surface area contributed by atoms with Gasteiger partial charge in [0.25, 0.3) is 0 Å². The van der Waals surface area contributed by atoms with Crippen molar-refractivity contribution < 1.29 is 4.21 Å². The molecule has 82 valence electrons. The third kappa shape index (κ3) is 2.75. The van der Waals surface area contributed by atoms with E-state index in [0.29, 0.717) is 0 Å². The van der Waals surface area contributed by atoms with Gasteiger partial charge in [0, 0.05) is 53.1 Å². The normalized spacial score (nSPS) is 18.1. The van der Waals surface area contributed by atoms with E-state index in [4.69, 9.17) is 0 Å². The number of hydrogen-bond acceptors (Lipinski definition) is 4. The molecular weight excluding hydrogens is 278 g/mol. The van der Waals surface area contributed by atoms with E-state index in [9.17, 15) is 4.21 Å². The lowest BCUT2D eigenvalue weighted by Gasteiger charge is -2.26. The Hall–Kier alpha value is -0.490. The Bertz CT molecular complexity index is 347. The first kappa shape index (κ1) is 11.0. The summed E-state index contributed by atoms with van der Waals surface area (Å²) in [6, 6.07) is 0. The van der Waals surface area contributed by atoms with Crippen molar-refractivity contribution in [3.63, 3.8) is 0 Å². The fraction of sp³-hybridized carbons (Fsp3) is 0.556. The highest BCUT2D eigenvalue weighted by atomic mass is 79.9. The average Bonchev–Trinajstić information content (AvgIpc) is 2.30. The molecule has 0 aromatic carbocycles. The van der Waals surface area contributed by atoms with Crippen molar-refractivity contribution in [2.24, 2.45) is 0 Å². The zero-order valence-corrected chi connectivity index (χ0v) is 10.6. The molecule has 0 atom stereocenters. The zero-order chi connectivity index (χ0) is 10.7. The van der Waals surface area contributed by atoms with E-state index in [1.165, 1.54) is 0 Å². The molecule has 1 aromatic heterocycles. The van der Waals surface area contributed by atoms with E-state index in [-0.39, 0.29) is 0 Å². The highest BCUT2D eigenvalue weighted by molar-refractivity contribution is 9.08. The molecule has 0 aliphatic carbocycles. The molecule has 0 amide bonds. The van der Waals surface area contributed by atoms with Crippen LogP contribution in [0.1, 0.15) is 5.56 Å². The number of alkyl halides is 1. The SMILES string of the molecule is O=S1CCN(c2ncc(CBr)cn2)CC1. The molecule has 0 unspecified atom stereocenters. The summed E-state index contributed by atoms with van der Waals surface area (Å²) in [6.07, 6.45) is 3.64. The van der Waals surface area contributed by atoms with Crippen molar-refractivity contribution in [2.45, 2.75) is 5.33 Å². The van der Waals surface area contributed by atoms with Gasteiger partial charge in [-0.3, -0.25) is 4.21 Å². The minimum absolute atomic E-state index is 0.645. The summed E-state index contributed by atoms with van der Waals surface area (Å²) in [6.45, 7) is 1.58. The van der Waals surface area contributed by atoms with Gasteiger partial charge >= 0.3 is 0 Å². The third-order valence-electron chi connectivity index (χ3n) is 2.31. The summed E-state index contributed by atoms with van der Waals surface area (Å²) in [5.74, 6) is 2.20. The van der Waals surface area contributed by atoms with E-state index in [0.717, 1.165) is 41.4 Å². The molecule has 0 N–H and O–H groups in total. The molecular formula is C9H12BrN3OS. The Kier molecular flexibility index (Phi) is 3.69. The van der Waals surface area contributed by atoms with Crippen LogP contribution >= 0.6 is 15.9 Å². The van der Waals surface area contributed by atoms with Gasteiger partial charge in [-0.05, 0) is 5.56 Å². The molecule has 2 heterocycles. The van der Waals surface area contributed by atoms with Crippen LogP contribution in [0.4, 0.5) is 5.95 Å². The van der Waals surface area contributed by atoms with Crippen molar-refractivity contribution in [1.82, 2.24) is 9.97 Å². The van der Waals surface area contributed by atoms with Crippen molar-refractivity contribution in [3.05, 3.63) is 18.0 Å². The Labute approximate surface area is 99.7 Å². The molecule has 0 radical (unpaired) electrons. The van der Waals surface area contributed by atoms with Crippen LogP contribution in [0.5, 0.6) is 0 Å². The molecule has 6 heteroatoms. The molecule has 0 saturated carbocycles. The third-order valence-corrected chi connectivity index (χ3v) is 4.23. The van der Waals surface area contributed by atoms with Gasteiger partial charge < -0.3 is 4.90 Å². The first-order valence-corrected chi connectivity index (χ1v) is 7.37. The summed E-state index contributed by atoms with van der Waals surface area (Å²) in [4.78, 5) is 10.7. The molecule has 1 aliphatic rings. The summed E-state index contributed by atoms with van der Waals surface area (Å²) in [7, 11) is -0.645. The molecule has 1 saturated heterocycles. The second-order valence-corrected chi connectivity index (χ2v) is 5.62. The van der Waals surface area contributed by atoms with Crippen LogP contribution < -0.4 is 4.90 Å². The molecule has 1 aliphatic heterocycles. The molecule has 1 fully saturated rings. The van der Waals surface area contributed by atoms with Crippen LogP contribution in [0.2, 0.25) is 0 Å². The molecule has 0 bridgehead atoms. The minimum atomic E-state index is -0.645. The lowest BCUT2D eigenvalue weighted by Crippen LogP contribution is -2.38. The van der Waals surface area contributed by atoms with Crippen LogP contribution in [0, 0.1) is 0 Å². The minimum Gasteiger partial charge on any atom is -0.339 e. The van der Waals surface area contributed by atoms with Crippen LogP contribution in [0.15, 0.2) is 12.4 Å². The Morgan fingerprint density at radius 1 is 1.33 bits per heavy atom. The lowest BCUT2D eigenvalue weighted by atomic mass is 10.4. The molecule has 15 heavy (non-hydrogen) atoms. The fourth-order valence-corrected chi connectivity index (χ4v) is 2.76. The smallest absolute Gasteiger partial charge is 0.225 e.